The first-order valence-electron chi connectivity index (χ1n) is 8.31. The molecule has 2 N–H and O–H groups in total. The molecule has 0 bridgehead atoms. The Balaban J connectivity index is 1.99. The number of ether oxygens (including phenoxy) is 1. The van der Waals surface area contributed by atoms with Crippen molar-refractivity contribution in [1.82, 2.24) is 5.32 Å². The van der Waals surface area contributed by atoms with Gasteiger partial charge in [-0.05, 0) is 36.4 Å². The molecule has 0 saturated heterocycles. The second kappa shape index (κ2) is 9.99. The van der Waals surface area contributed by atoms with Crippen LogP contribution in [-0.2, 0) is 20.9 Å². The number of carbonyl (C=O) groups is 2. The summed E-state index contributed by atoms with van der Waals surface area (Å²) in [6.45, 7) is 1.98. The van der Waals surface area contributed by atoms with E-state index in [2.05, 4.69) is 5.32 Å². The van der Waals surface area contributed by atoms with Gasteiger partial charge < -0.3 is 15.2 Å². The van der Waals surface area contributed by atoms with Crippen molar-refractivity contribution in [2.75, 3.05) is 6.26 Å². The zero-order chi connectivity index (χ0) is 18.9. The third-order valence-corrected chi connectivity index (χ3v) is 4.67. The molecule has 2 aromatic carbocycles. The number of amides is 1. The molecule has 26 heavy (non-hydrogen) atoms. The Morgan fingerprint density at radius 3 is 2.35 bits per heavy atom. The molecule has 2 atom stereocenters. The number of nitrogens with one attached hydrogen (secondary N) is 1. The smallest absolute Gasteiger partial charge is 0.305 e. The van der Waals surface area contributed by atoms with Crippen LogP contribution >= 0.6 is 11.8 Å². The lowest BCUT2D eigenvalue weighted by atomic mass is 10.0. The molecule has 2 rings (SSSR count). The maximum absolute atomic E-state index is 12.4. The summed E-state index contributed by atoms with van der Waals surface area (Å²) in [5, 5.41) is 11.9. The van der Waals surface area contributed by atoms with Crippen LogP contribution in [0.3, 0.4) is 0 Å². The Morgan fingerprint density at radius 1 is 1.12 bits per heavy atom. The maximum atomic E-state index is 12.4. The van der Waals surface area contributed by atoms with Gasteiger partial charge in [0, 0.05) is 4.90 Å². The summed E-state index contributed by atoms with van der Waals surface area (Å²) in [7, 11) is 0. The molecule has 5 nitrogen and oxygen atoms in total. The second-order valence-corrected chi connectivity index (χ2v) is 6.75. The molecule has 0 fully saturated rings. The Kier molecular flexibility index (Phi) is 7.69. The van der Waals surface area contributed by atoms with Crippen molar-refractivity contribution in [3.63, 3.8) is 0 Å². The summed E-state index contributed by atoms with van der Waals surface area (Å²) in [4.78, 5) is 24.7. The first-order chi connectivity index (χ1) is 12.5. The van der Waals surface area contributed by atoms with Crippen molar-refractivity contribution in [1.29, 1.82) is 0 Å². The predicted octanol–water partition coefficient (Wildman–Crippen LogP) is 3.65. The number of carbonyl (C=O) groups excluding carboxylic acids is 1. The maximum Gasteiger partial charge on any atom is 0.305 e. The highest BCUT2D eigenvalue weighted by Crippen LogP contribution is 2.21. The monoisotopic (exact) mass is 373 g/mol. The lowest BCUT2D eigenvalue weighted by molar-refractivity contribution is -0.138. The normalized spacial score (nSPS) is 13.0. The van der Waals surface area contributed by atoms with Gasteiger partial charge >= 0.3 is 5.97 Å². The molecule has 2 aromatic rings. The van der Waals surface area contributed by atoms with Gasteiger partial charge in [-0.1, -0.05) is 42.5 Å². The van der Waals surface area contributed by atoms with Gasteiger partial charge in [0.05, 0.1) is 19.1 Å². The highest BCUT2D eigenvalue weighted by Gasteiger charge is 2.22. The zero-order valence-corrected chi connectivity index (χ0v) is 15.7. The number of benzene rings is 2. The minimum Gasteiger partial charge on any atom is -0.481 e. The molecule has 0 aliphatic carbocycles. The van der Waals surface area contributed by atoms with Gasteiger partial charge in [-0.2, -0.15) is 0 Å². The SMILES string of the molecule is CSc1ccc(C(CC(=O)O)NC(=O)C(C)OCc2ccccc2)cc1. The van der Waals surface area contributed by atoms with E-state index in [4.69, 9.17) is 9.84 Å². The highest BCUT2D eigenvalue weighted by atomic mass is 32.2. The van der Waals surface area contributed by atoms with Gasteiger partial charge in [-0.15, -0.1) is 11.8 Å². The Morgan fingerprint density at radius 2 is 1.77 bits per heavy atom. The van der Waals surface area contributed by atoms with Crippen molar-refractivity contribution in [2.45, 2.75) is 37.0 Å². The van der Waals surface area contributed by atoms with Gasteiger partial charge in [0.25, 0.3) is 0 Å². The quantitative estimate of drug-likeness (QED) is 0.656. The summed E-state index contributed by atoms with van der Waals surface area (Å²) in [6, 6.07) is 16.5. The van der Waals surface area contributed by atoms with Crippen LogP contribution < -0.4 is 5.32 Å². The average molecular weight is 373 g/mol. The second-order valence-electron chi connectivity index (χ2n) is 5.87. The fraction of sp³-hybridized carbons (Fsp3) is 0.300. The lowest BCUT2D eigenvalue weighted by Gasteiger charge is -2.21. The van der Waals surface area contributed by atoms with Gasteiger partial charge in [0.2, 0.25) is 5.91 Å². The molecule has 0 radical (unpaired) electrons. The molecular formula is C20H23NO4S. The number of carboxylic acid groups (broad SMARTS) is 1. The van der Waals surface area contributed by atoms with Crippen LogP contribution in [-0.4, -0.2) is 29.3 Å². The van der Waals surface area contributed by atoms with Crippen molar-refractivity contribution in [3.05, 3.63) is 65.7 Å². The molecule has 0 spiro atoms. The number of hydrogen-bond donors (Lipinski definition) is 2. The van der Waals surface area contributed by atoms with Crippen LogP contribution in [0.25, 0.3) is 0 Å². The molecule has 0 aromatic heterocycles. The summed E-state index contributed by atoms with van der Waals surface area (Å²) in [5.41, 5.74) is 1.73. The lowest BCUT2D eigenvalue weighted by Crippen LogP contribution is -2.37. The Bertz CT molecular complexity index is 718. The summed E-state index contributed by atoms with van der Waals surface area (Å²) < 4.78 is 5.61. The Labute approximate surface area is 157 Å². The van der Waals surface area contributed by atoms with E-state index in [1.807, 2.05) is 60.9 Å². The predicted molar refractivity (Wildman–Crippen MR) is 102 cm³/mol. The third-order valence-electron chi connectivity index (χ3n) is 3.93. The van der Waals surface area contributed by atoms with E-state index in [1.165, 1.54) is 0 Å². The first-order valence-corrected chi connectivity index (χ1v) is 9.53. The molecule has 0 saturated carbocycles. The summed E-state index contributed by atoms with van der Waals surface area (Å²) in [6.07, 6.45) is 1.10. The van der Waals surface area contributed by atoms with Crippen molar-refractivity contribution in [2.24, 2.45) is 0 Å². The van der Waals surface area contributed by atoms with Crippen LogP contribution in [0.15, 0.2) is 59.5 Å². The fourth-order valence-electron chi connectivity index (χ4n) is 2.42. The molecule has 0 heterocycles. The number of carboxylic acids is 1. The zero-order valence-electron chi connectivity index (χ0n) is 14.8. The fourth-order valence-corrected chi connectivity index (χ4v) is 2.83. The molecule has 1 amide bonds. The minimum absolute atomic E-state index is 0.185. The van der Waals surface area contributed by atoms with E-state index in [0.29, 0.717) is 6.61 Å². The van der Waals surface area contributed by atoms with Crippen LogP contribution in [0.5, 0.6) is 0 Å². The molecule has 138 valence electrons. The molecular weight excluding hydrogens is 350 g/mol. The molecule has 0 aliphatic heterocycles. The highest BCUT2D eigenvalue weighted by molar-refractivity contribution is 7.98. The summed E-state index contributed by atoms with van der Waals surface area (Å²) >= 11 is 1.60. The van der Waals surface area contributed by atoms with Crippen molar-refractivity contribution >= 4 is 23.6 Å². The number of rotatable bonds is 9. The van der Waals surface area contributed by atoms with Crippen LogP contribution in [0.4, 0.5) is 0 Å². The van der Waals surface area contributed by atoms with Gasteiger partial charge in [0.1, 0.15) is 6.10 Å². The van der Waals surface area contributed by atoms with Crippen LogP contribution in [0, 0.1) is 0 Å². The van der Waals surface area contributed by atoms with Gasteiger partial charge in [0.15, 0.2) is 0 Å². The Hall–Kier alpha value is -2.31. The van der Waals surface area contributed by atoms with Gasteiger partial charge in [-0.3, -0.25) is 9.59 Å². The number of thioether (sulfide) groups is 1. The molecule has 6 heteroatoms. The van der Waals surface area contributed by atoms with E-state index in [9.17, 15) is 9.59 Å². The minimum atomic E-state index is -0.970. The topological polar surface area (TPSA) is 75.6 Å². The first kappa shape index (κ1) is 20.0. The van der Waals surface area contributed by atoms with Gasteiger partial charge in [-0.25, -0.2) is 0 Å². The standard InChI is InChI=1S/C20H23NO4S/c1-14(25-13-15-6-4-3-5-7-15)20(24)21-18(12-19(22)23)16-8-10-17(26-2)11-9-16/h3-11,14,18H,12-13H2,1-2H3,(H,21,24)(H,22,23). The van der Waals surface area contributed by atoms with E-state index in [-0.39, 0.29) is 12.3 Å². The number of aliphatic carboxylic acids is 1. The van der Waals surface area contributed by atoms with E-state index >= 15 is 0 Å². The average Bonchev–Trinajstić information content (AvgIpc) is 2.66. The molecule has 0 aliphatic rings. The van der Waals surface area contributed by atoms with Crippen LogP contribution in [0.1, 0.15) is 30.5 Å². The molecule has 2 unspecified atom stereocenters. The van der Waals surface area contributed by atoms with Crippen LogP contribution in [0.2, 0.25) is 0 Å². The van der Waals surface area contributed by atoms with E-state index < -0.39 is 18.1 Å². The van der Waals surface area contributed by atoms with Crippen molar-refractivity contribution < 1.29 is 19.4 Å². The largest absolute Gasteiger partial charge is 0.481 e. The van der Waals surface area contributed by atoms with E-state index in [1.54, 1.807) is 18.7 Å². The summed E-state index contributed by atoms with van der Waals surface area (Å²) in [5.74, 6) is -1.30. The number of hydrogen-bond acceptors (Lipinski definition) is 4. The van der Waals surface area contributed by atoms with E-state index in [0.717, 1.165) is 16.0 Å². The third kappa shape index (κ3) is 6.20. The van der Waals surface area contributed by atoms with Crippen molar-refractivity contribution in [3.8, 4) is 0 Å².